The van der Waals surface area contributed by atoms with Gasteiger partial charge in [-0.15, -0.1) is 0 Å². The number of aromatic amines is 2. The first kappa shape index (κ1) is 15.8. The quantitative estimate of drug-likeness (QED) is 0.478. The van der Waals surface area contributed by atoms with E-state index in [1.807, 2.05) is 31.2 Å². The molecule has 0 unspecified atom stereocenters. The fourth-order valence-electron chi connectivity index (χ4n) is 2.94. The second kappa shape index (κ2) is 6.07. The molecular formula is C19H13ClN6O. The van der Waals surface area contributed by atoms with Crippen molar-refractivity contribution in [3.05, 3.63) is 59.8 Å². The summed E-state index contributed by atoms with van der Waals surface area (Å²) in [6.07, 6.45) is 5.13. The number of aromatic nitrogens is 6. The first-order valence-corrected chi connectivity index (χ1v) is 8.64. The van der Waals surface area contributed by atoms with Crippen molar-refractivity contribution in [2.45, 2.75) is 6.92 Å². The molecule has 27 heavy (non-hydrogen) atoms. The third-order valence-corrected chi connectivity index (χ3v) is 4.58. The predicted octanol–water partition coefficient (Wildman–Crippen LogP) is 4.65. The molecule has 5 aromatic rings. The molecule has 3 aromatic heterocycles. The van der Waals surface area contributed by atoms with Crippen LogP contribution in [0.1, 0.15) is 5.82 Å². The van der Waals surface area contributed by atoms with Gasteiger partial charge in [-0.3, -0.25) is 10.1 Å². The van der Waals surface area contributed by atoms with Gasteiger partial charge in [-0.05, 0) is 31.2 Å². The highest BCUT2D eigenvalue weighted by Gasteiger charge is 2.13. The largest absolute Gasteiger partial charge is 0.456 e. The zero-order chi connectivity index (χ0) is 18.4. The molecule has 0 aliphatic carbocycles. The zero-order valence-corrected chi connectivity index (χ0v) is 14.9. The summed E-state index contributed by atoms with van der Waals surface area (Å²) in [7, 11) is 0. The number of hydrogen-bond donors (Lipinski definition) is 2. The summed E-state index contributed by atoms with van der Waals surface area (Å²) in [5.74, 6) is 2.03. The number of benzene rings is 2. The fraction of sp³-hybridized carbons (Fsp3) is 0.0526. The first-order chi connectivity index (χ1) is 13.2. The third-order valence-electron chi connectivity index (χ3n) is 4.21. The Bertz CT molecular complexity index is 1280. The number of H-pyrrole nitrogens is 2. The molecule has 8 heteroatoms. The van der Waals surface area contributed by atoms with Crippen molar-refractivity contribution in [1.82, 2.24) is 30.1 Å². The van der Waals surface area contributed by atoms with E-state index >= 15 is 0 Å². The number of nitrogens with one attached hydrogen (secondary N) is 2. The lowest BCUT2D eigenvalue weighted by Gasteiger charge is -2.09. The summed E-state index contributed by atoms with van der Waals surface area (Å²) in [6, 6.07) is 9.28. The lowest BCUT2D eigenvalue weighted by atomic mass is 10.2. The van der Waals surface area contributed by atoms with Crippen LogP contribution in [0.25, 0.3) is 33.3 Å². The Morgan fingerprint density at radius 1 is 1.04 bits per heavy atom. The number of hydrogen-bond acceptors (Lipinski definition) is 5. The minimum Gasteiger partial charge on any atom is -0.456 e. The van der Waals surface area contributed by atoms with Gasteiger partial charge in [0.05, 0.1) is 34.6 Å². The van der Waals surface area contributed by atoms with Crippen molar-refractivity contribution >= 4 is 33.7 Å². The molecule has 0 saturated heterocycles. The number of fused-ring (bicyclic) bond motifs is 2. The minimum absolute atomic E-state index is 0.409. The molecule has 0 aliphatic heterocycles. The molecule has 5 rings (SSSR count). The van der Waals surface area contributed by atoms with E-state index in [1.165, 1.54) is 0 Å². The average molecular weight is 377 g/mol. The summed E-state index contributed by atoms with van der Waals surface area (Å²) >= 11 is 6.58. The first-order valence-electron chi connectivity index (χ1n) is 8.26. The van der Waals surface area contributed by atoms with Crippen molar-refractivity contribution in [1.29, 1.82) is 0 Å². The lowest BCUT2D eigenvalue weighted by Crippen LogP contribution is -1.92. The number of halogens is 1. The molecule has 2 aromatic carbocycles. The van der Waals surface area contributed by atoms with Crippen LogP contribution in [0.15, 0.2) is 48.9 Å². The number of imidazole rings is 1. The van der Waals surface area contributed by atoms with Crippen LogP contribution in [-0.2, 0) is 0 Å². The summed E-state index contributed by atoms with van der Waals surface area (Å²) in [5.41, 5.74) is 4.59. The van der Waals surface area contributed by atoms with Gasteiger partial charge in [0.25, 0.3) is 0 Å². The van der Waals surface area contributed by atoms with Crippen LogP contribution in [0.5, 0.6) is 11.5 Å². The van der Waals surface area contributed by atoms with Crippen molar-refractivity contribution in [3.8, 4) is 22.8 Å². The third kappa shape index (κ3) is 2.78. The molecule has 0 aliphatic rings. The molecule has 0 fully saturated rings. The van der Waals surface area contributed by atoms with Gasteiger partial charge in [0.1, 0.15) is 27.9 Å². The maximum Gasteiger partial charge on any atom is 0.148 e. The Morgan fingerprint density at radius 3 is 2.78 bits per heavy atom. The van der Waals surface area contributed by atoms with Crippen LogP contribution in [-0.4, -0.2) is 30.1 Å². The smallest absolute Gasteiger partial charge is 0.148 e. The summed E-state index contributed by atoms with van der Waals surface area (Å²) in [4.78, 5) is 16.6. The summed E-state index contributed by atoms with van der Waals surface area (Å²) < 4.78 is 6.00. The molecule has 0 radical (unpaired) electrons. The number of nitrogens with zero attached hydrogens (tertiary/aromatic N) is 4. The molecular weight excluding hydrogens is 364 g/mol. The highest BCUT2D eigenvalue weighted by atomic mass is 35.5. The molecule has 0 atom stereocenters. The molecule has 2 N–H and O–H groups in total. The van der Waals surface area contributed by atoms with Crippen molar-refractivity contribution in [2.24, 2.45) is 0 Å². The van der Waals surface area contributed by atoms with Gasteiger partial charge in [-0.25, -0.2) is 9.97 Å². The molecule has 7 nitrogen and oxygen atoms in total. The van der Waals surface area contributed by atoms with E-state index in [9.17, 15) is 0 Å². The van der Waals surface area contributed by atoms with Crippen LogP contribution in [0.2, 0.25) is 5.02 Å². The number of rotatable bonds is 3. The summed E-state index contributed by atoms with van der Waals surface area (Å²) in [6.45, 7) is 1.91. The number of aryl methyl sites for hydroxylation is 1. The monoisotopic (exact) mass is 376 g/mol. The van der Waals surface area contributed by atoms with E-state index in [1.54, 1.807) is 24.7 Å². The average Bonchev–Trinajstić information content (AvgIpc) is 3.32. The van der Waals surface area contributed by atoms with Gasteiger partial charge in [-0.2, -0.15) is 5.10 Å². The highest BCUT2D eigenvalue weighted by molar-refractivity contribution is 6.36. The van der Waals surface area contributed by atoms with Gasteiger partial charge >= 0.3 is 0 Å². The second-order valence-corrected chi connectivity index (χ2v) is 6.47. The van der Waals surface area contributed by atoms with E-state index in [4.69, 9.17) is 16.3 Å². The normalized spacial score (nSPS) is 11.3. The zero-order valence-electron chi connectivity index (χ0n) is 14.2. The van der Waals surface area contributed by atoms with E-state index in [2.05, 4.69) is 30.1 Å². The molecule has 0 spiro atoms. The molecule has 3 heterocycles. The van der Waals surface area contributed by atoms with Crippen LogP contribution >= 0.6 is 11.6 Å². The fourth-order valence-corrected chi connectivity index (χ4v) is 3.18. The van der Waals surface area contributed by atoms with E-state index in [0.29, 0.717) is 33.2 Å². The van der Waals surface area contributed by atoms with Crippen LogP contribution in [0.3, 0.4) is 0 Å². The van der Waals surface area contributed by atoms with Gasteiger partial charge in [-0.1, -0.05) is 11.6 Å². The standard InChI is InChI=1S/C19H13ClN6O/c1-10-24-13-3-2-12(6-15(13)25-10)27-17-5-4-14-19(18(17)20)26-16(9-21-14)11-7-22-23-8-11/h2-9H,1H3,(H,22,23)(H,24,25). The lowest BCUT2D eigenvalue weighted by molar-refractivity contribution is 0.484. The van der Waals surface area contributed by atoms with Crippen LogP contribution in [0.4, 0.5) is 0 Å². The predicted molar refractivity (Wildman–Crippen MR) is 103 cm³/mol. The van der Waals surface area contributed by atoms with Crippen molar-refractivity contribution in [3.63, 3.8) is 0 Å². The van der Waals surface area contributed by atoms with Gasteiger partial charge in [0.15, 0.2) is 0 Å². The van der Waals surface area contributed by atoms with Gasteiger partial charge in [0, 0.05) is 17.8 Å². The Labute approximate surface area is 158 Å². The number of ether oxygens (including phenoxy) is 1. The highest BCUT2D eigenvalue weighted by Crippen LogP contribution is 2.35. The van der Waals surface area contributed by atoms with E-state index < -0.39 is 0 Å². The topological polar surface area (TPSA) is 92.4 Å². The maximum atomic E-state index is 6.58. The molecule has 0 saturated carbocycles. The molecule has 0 amide bonds. The van der Waals surface area contributed by atoms with E-state index in [0.717, 1.165) is 22.4 Å². The van der Waals surface area contributed by atoms with Crippen molar-refractivity contribution < 1.29 is 4.74 Å². The summed E-state index contributed by atoms with van der Waals surface area (Å²) in [5, 5.41) is 7.12. The molecule has 0 bridgehead atoms. The van der Waals surface area contributed by atoms with E-state index in [-0.39, 0.29) is 0 Å². The SMILES string of the molecule is Cc1nc2ccc(Oc3ccc4ncc(-c5cn[nH]c5)nc4c3Cl)cc2[nH]1. The minimum atomic E-state index is 0.409. The Balaban J connectivity index is 1.56. The van der Waals surface area contributed by atoms with Crippen LogP contribution < -0.4 is 4.74 Å². The Morgan fingerprint density at radius 2 is 1.93 bits per heavy atom. The van der Waals surface area contributed by atoms with Gasteiger partial charge in [0.2, 0.25) is 0 Å². The Hall–Kier alpha value is -3.45. The van der Waals surface area contributed by atoms with Crippen molar-refractivity contribution in [2.75, 3.05) is 0 Å². The maximum absolute atomic E-state index is 6.58. The second-order valence-electron chi connectivity index (χ2n) is 6.09. The van der Waals surface area contributed by atoms with Crippen LogP contribution in [0, 0.1) is 6.92 Å². The van der Waals surface area contributed by atoms with Gasteiger partial charge < -0.3 is 9.72 Å². The molecule has 132 valence electrons. The Kier molecular flexibility index (Phi) is 3.54.